The Kier molecular flexibility index (Phi) is 5.50. The molecule has 2 aliphatic rings. The maximum Gasteiger partial charge on any atom is 0.223 e. The molecule has 4 nitrogen and oxygen atoms in total. The van der Waals surface area contributed by atoms with E-state index in [1.807, 2.05) is 11.0 Å². The van der Waals surface area contributed by atoms with Crippen molar-refractivity contribution in [2.75, 3.05) is 12.3 Å². The molecule has 1 unspecified atom stereocenters. The first-order valence-corrected chi connectivity index (χ1v) is 11.0. The highest BCUT2D eigenvalue weighted by molar-refractivity contribution is 7.99. The van der Waals surface area contributed by atoms with E-state index in [1.165, 1.54) is 28.3 Å². The minimum Gasteiger partial charge on any atom is -0.349 e. The minimum atomic E-state index is -0.232. The fourth-order valence-corrected chi connectivity index (χ4v) is 5.67. The number of hydrogen-bond acceptors (Lipinski definition) is 4. The molecule has 2 amide bonds. The van der Waals surface area contributed by atoms with Crippen molar-refractivity contribution >= 4 is 34.9 Å². The van der Waals surface area contributed by atoms with Crippen LogP contribution in [0.1, 0.15) is 41.3 Å². The van der Waals surface area contributed by atoms with Gasteiger partial charge in [-0.2, -0.15) is 0 Å². The lowest BCUT2D eigenvalue weighted by atomic mass is 10.0. The highest BCUT2D eigenvalue weighted by Gasteiger charge is 2.25. The van der Waals surface area contributed by atoms with Gasteiger partial charge < -0.3 is 10.2 Å². The zero-order valence-corrected chi connectivity index (χ0v) is 16.5. The monoisotopic (exact) mass is 404 g/mol. The Hall–Kier alpha value is -1.86. The SMILES string of the molecule is O=C(CCC(=O)N1CCc2sccc2C1)NC1CCSc2c(F)cccc21. The highest BCUT2D eigenvalue weighted by atomic mass is 32.2. The van der Waals surface area contributed by atoms with Gasteiger partial charge in [0.25, 0.3) is 0 Å². The first-order chi connectivity index (χ1) is 13.1. The molecule has 4 rings (SSSR count). The third-order valence-electron chi connectivity index (χ3n) is 5.09. The molecule has 0 bridgehead atoms. The Balaban J connectivity index is 1.31. The third-order valence-corrected chi connectivity index (χ3v) is 7.27. The van der Waals surface area contributed by atoms with Gasteiger partial charge in [0.15, 0.2) is 0 Å². The van der Waals surface area contributed by atoms with E-state index in [4.69, 9.17) is 0 Å². The standard InChI is InChI=1S/C20H21FN2O2S2/c21-15-3-1-2-14-16(8-11-27-20(14)15)22-18(24)4-5-19(25)23-9-6-17-13(12-23)7-10-26-17/h1-3,7,10,16H,4-6,8-9,11-12H2,(H,22,24). The molecule has 1 aromatic heterocycles. The molecule has 27 heavy (non-hydrogen) atoms. The normalized spacial score (nSPS) is 18.6. The Morgan fingerprint density at radius 2 is 2.15 bits per heavy atom. The smallest absolute Gasteiger partial charge is 0.223 e. The van der Waals surface area contributed by atoms with Crippen molar-refractivity contribution in [3.05, 3.63) is 51.5 Å². The fourth-order valence-electron chi connectivity index (χ4n) is 3.64. The van der Waals surface area contributed by atoms with Gasteiger partial charge in [-0.1, -0.05) is 12.1 Å². The molecule has 0 spiro atoms. The summed E-state index contributed by atoms with van der Waals surface area (Å²) in [7, 11) is 0. The lowest BCUT2D eigenvalue weighted by Crippen LogP contribution is -2.36. The second kappa shape index (κ2) is 8.02. The van der Waals surface area contributed by atoms with Crippen LogP contribution in [0.2, 0.25) is 0 Å². The van der Waals surface area contributed by atoms with Gasteiger partial charge in [-0.15, -0.1) is 23.1 Å². The maximum atomic E-state index is 13.9. The van der Waals surface area contributed by atoms with Gasteiger partial charge in [0.2, 0.25) is 11.8 Å². The average molecular weight is 405 g/mol. The van der Waals surface area contributed by atoms with Gasteiger partial charge in [-0.3, -0.25) is 9.59 Å². The van der Waals surface area contributed by atoms with E-state index in [9.17, 15) is 14.0 Å². The number of nitrogens with zero attached hydrogens (tertiary/aromatic N) is 1. The van der Waals surface area contributed by atoms with Crippen LogP contribution in [0, 0.1) is 5.82 Å². The quantitative estimate of drug-likeness (QED) is 0.841. The molecular weight excluding hydrogens is 383 g/mol. The Morgan fingerprint density at radius 3 is 3.04 bits per heavy atom. The molecule has 0 fully saturated rings. The van der Waals surface area contributed by atoms with E-state index >= 15 is 0 Å². The van der Waals surface area contributed by atoms with Gasteiger partial charge >= 0.3 is 0 Å². The fraction of sp³-hybridized carbons (Fsp3) is 0.400. The van der Waals surface area contributed by atoms with Crippen molar-refractivity contribution in [1.29, 1.82) is 0 Å². The summed E-state index contributed by atoms with van der Waals surface area (Å²) in [5.41, 5.74) is 2.06. The molecule has 1 atom stereocenters. The topological polar surface area (TPSA) is 49.4 Å². The molecule has 3 heterocycles. The first kappa shape index (κ1) is 18.5. The van der Waals surface area contributed by atoms with Gasteiger partial charge in [-0.25, -0.2) is 4.39 Å². The van der Waals surface area contributed by atoms with Crippen molar-refractivity contribution in [3.63, 3.8) is 0 Å². The van der Waals surface area contributed by atoms with E-state index in [0.29, 0.717) is 11.4 Å². The maximum absolute atomic E-state index is 13.9. The number of amides is 2. The number of hydrogen-bond donors (Lipinski definition) is 1. The van der Waals surface area contributed by atoms with Crippen molar-refractivity contribution in [1.82, 2.24) is 10.2 Å². The van der Waals surface area contributed by atoms with Gasteiger partial charge in [-0.05, 0) is 41.5 Å². The van der Waals surface area contributed by atoms with E-state index in [2.05, 4.69) is 16.8 Å². The largest absolute Gasteiger partial charge is 0.349 e. The number of rotatable bonds is 4. The number of carbonyl (C=O) groups excluding carboxylic acids is 2. The molecule has 0 saturated heterocycles. The molecule has 0 aliphatic carbocycles. The van der Waals surface area contributed by atoms with Crippen LogP contribution < -0.4 is 5.32 Å². The zero-order chi connectivity index (χ0) is 18.8. The predicted octanol–water partition coefficient (Wildman–Crippen LogP) is 3.91. The minimum absolute atomic E-state index is 0.0210. The second-order valence-corrected chi connectivity index (χ2v) is 8.96. The zero-order valence-electron chi connectivity index (χ0n) is 14.9. The number of carbonyl (C=O) groups is 2. The summed E-state index contributed by atoms with van der Waals surface area (Å²) in [6, 6.07) is 6.89. The summed E-state index contributed by atoms with van der Waals surface area (Å²) < 4.78 is 13.9. The lowest BCUT2D eigenvalue weighted by Gasteiger charge is -2.28. The lowest BCUT2D eigenvalue weighted by molar-refractivity contribution is -0.134. The molecule has 1 N–H and O–H groups in total. The number of nitrogens with one attached hydrogen (secondary N) is 1. The summed E-state index contributed by atoms with van der Waals surface area (Å²) in [6.45, 7) is 1.37. The number of thioether (sulfide) groups is 1. The summed E-state index contributed by atoms with van der Waals surface area (Å²) in [5.74, 6) is 0.412. The second-order valence-electron chi connectivity index (χ2n) is 6.85. The van der Waals surface area contributed by atoms with Gasteiger partial charge in [0.05, 0.1) is 6.04 Å². The Morgan fingerprint density at radius 1 is 1.26 bits per heavy atom. The van der Waals surface area contributed by atoms with Crippen LogP contribution in [0.25, 0.3) is 0 Å². The van der Waals surface area contributed by atoms with Crippen molar-refractivity contribution in [2.24, 2.45) is 0 Å². The molecular formula is C20H21FN2O2S2. The molecule has 1 aromatic carbocycles. The van der Waals surface area contributed by atoms with E-state index in [0.717, 1.165) is 30.7 Å². The van der Waals surface area contributed by atoms with E-state index in [-0.39, 0.29) is 36.5 Å². The Labute approximate surface area is 166 Å². The third kappa shape index (κ3) is 4.04. The summed E-state index contributed by atoms with van der Waals surface area (Å²) in [5, 5.41) is 5.05. The van der Waals surface area contributed by atoms with Crippen LogP contribution in [0.3, 0.4) is 0 Å². The number of thiophene rings is 1. The molecule has 2 aromatic rings. The highest BCUT2D eigenvalue weighted by Crippen LogP contribution is 2.37. The summed E-state index contributed by atoms with van der Waals surface area (Å²) in [4.78, 5) is 28.7. The van der Waals surface area contributed by atoms with Crippen LogP contribution in [0.15, 0.2) is 34.5 Å². The number of halogens is 1. The van der Waals surface area contributed by atoms with Gasteiger partial charge in [0.1, 0.15) is 5.82 Å². The van der Waals surface area contributed by atoms with E-state index in [1.54, 1.807) is 17.4 Å². The van der Waals surface area contributed by atoms with E-state index < -0.39 is 0 Å². The molecule has 0 radical (unpaired) electrons. The predicted molar refractivity (Wildman–Crippen MR) is 105 cm³/mol. The van der Waals surface area contributed by atoms with Crippen LogP contribution >= 0.6 is 23.1 Å². The van der Waals surface area contributed by atoms with Gasteiger partial charge in [0, 0.05) is 41.5 Å². The molecule has 7 heteroatoms. The van der Waals surface area contributed by atoms with Crippen molar-refractivity contribution in [3.8, 4) is 0 Å². The summed E-state index contributed by atoms with van der Waals surface area (Å²) in [6.07, 6.45) is 2.05. The number of benzene rings is 1. The first-order valence-electron chi connectivity index (χ1n) is 9.15. The van der Waals surface area contributed by atoms with Crippen LogP contribution in [-0.2, 0) is 22.6 Å². The summed E-state index contributed by atoms with van der Waals surface area (Å²) >= 11 is 3.23. The van der Waals surface area contributed by atoms with Crippen LogP contribution in [0.5, 0.6) is 0 Å². The molecule has 2 aliphatic heterocycles. The number of fused-ring (bicyclic) bond motifs is 2. The Bertz CT molecular complexity index is 867. The van der Waals surface area contributed by atoms with Crippen LogP contribution in [-0.4, -0.2) is 29.0 Å². The van der Waals surface area contributed by atoms with Crippen molar-refractivity contribution < 1.29 is 14.0 Å². The van der Waals surface area contributed by atoms with Crippen molar-refractivity contribution in [2.45, 2.75) is 43.2 Å². The molecule has 142 valence electrons. The average Bonchev–Trinajstić information content (AvgIpc) is 3.15. The van der Waals surface area contributed by atoms with Crippen LogP contribution in [0.4, 0.5) is 4.39 Å². The molecule has 0 saturated carbocycles.